The Bertz CT molecular complexity index is 459. The first-order valence-electron chi connectivity index (χ1n) is 8.01. The van der Waals surface area contributed by atoms with E-state index in [1.165, 1.54) is 30.8 Å². The minimum Gasteiger partial charge on any atom is -0.337 e. The number of likely N-dealkylation sites (tertiary alicyclic amines) is 1. The van der Waals surface area contributed by atoms with Gasteiger partial charge in [-0.2, -0.15) is 11.8 Å². The van der Waals surface area contributed by atoms with E-state index in [9.17, 15) is 4.79 Å². The van der Waals surface area contributed by atoms with Crippen molar-refractivity contribution in [3.05, 3.63) is 35.9 Å². The first-order chi connectivity index (χ1) is 10.3. The highest BCUT2D eigenvalue weighted by atomic mass is 32.2. The van der Waals surface area contributed by atoms with E-state index in [1.807, 2.05) is 35.2 Å². The summed E-state index contributed by atoms with van der Waals surface area (Å²) >= 11 is 2.06. The van der Waals surface area contributed by atoms with Gasteiger partial charge in [0, 0.05) is 30.7 Å². The Labute approximate surface area is 131 Å². The predicted octanol–water partition coefficient (Wildman–Crippen LogP) is 2.78. The van der Waals surface area contributed by atoms with E-state index in [1.54, 1.807) is 0 Å². The molecule has 2 saturated heterocycles. The number of piperidine rings is 1. The van der Waals surface area contributed by atoms with Crippen molar-refractivity contribution in [3.63, 3.8) is 0 Å². The van der Waals surface area contributed by atoms with Gasteiger partial charge in [0.1, 0.15) is 0 Å². The van der Waals surface area contributed by atoms with Crippen LogP contribution in [0.5, 0.6) is 0 Å². The molecule has 2 heterocycles. The molecule has 1 amide bonds. The quantitative estimate of drug-likeness (QED) is 0.932. The Balaban J connectivity index is 1.56. The maximum absolute atomic E-state index is 12.5. The van der Waals surface area contributed by atoms with Crippen molar-refractivity contribution in [2.75, 3.05) is 24.6 Å². The zero-order chi connectivity index (χ0) is 14.5. The fourth-order valence-corrected chi connectivity index (χ4v) is 4.37. The molecule has 1 aromatic rings. The zero-order valence-corrected chi connectivity index (χ0v) is 13.3. The van der Waals surface area contributed by atoms with Crippen LogP contribution >= 0.6 is 11.8 Å². The Morgan fingerprint density at radius 1 is 1.10 bits per heavy atom. The summed E-state index contributed by atoms with van der Waals surface area (Å²) in [5.74, 6) is 2.73. The molecule has 0 saturated carbocycles. The van der Waals surface area contributed by atoms with Crippen molar-refractivity contribution in [1.29, 1.82) is 0 Å². The van der Waals surface area contributed by atoms with Crippen LogP contribution in [0.1, 0.15) is 36.0 Å². The smallest absolute Gasteiger partial charge is 0.253 e. The molecule has 0 aromatic heterocycles. The molecule has 1 N–H and O–H groups in total. The summed E-state index contributed by atoms with van der Waals surface area (Å²) in [6.45, 7) is 1.75. The van der Waals surface area contributed by atoms with E-state index in [2.05, 4.69) is 17.1 Å². The second kappa shape index (κ2) is 7.32. The number of carbonyl (C=O) groups excluding carboxylic acids is 1. The number of carbonyl (C=O) groups is 1. The minimum absolute atomic E-state index is 0.182. The number of hydrogen-bond donors (Lipinski definition) is 1. The van der Waals surface area contributed by atoms with Crippen molar-refractivity contribution >= 4 is 17.7 Å². The van der Waals surface area contributed by atoms with E-state index in [0.717, 1.165) is 25.1 Å². The second-order valence-electron chi connectivity index (χ2n) is 6.01. The predicted molar refractivity (Wildman–Crippen MR) is 88.9 cm³/mol. The lowest BCUT2D eigenvalue weighted by Crippen LogP contribution is -2.51. The standard InChI is InChI=1S/C17H24N2OS/c20-17(14-5-2-1-3-6-14)19-10-4-7-16(13-19)18-15-8-11-21-12-9-15/h1-3,5-6,15-16,18H,4,7-13H2/t16-/m0/s1. The third-order valence-corrected chi connectivity index (χ3v) is 5.47. The number of thioether (sulfide) groups is 1. The third kappa shape index (κ3) is 4.01. The maximum atomic E-state index is 12.5. The lowest BCUT2D eigenvalue weighted by Gasteiger charge is -2.36. The highest BCUT2D eigenvalue weighted by Crippen LogP contribution is 2.20. The average molecular weight is 304 g/mol. The summed E-state index contributed by atoms with van der Waals surface area (Å²) in [7, 11) is 0. The summed E-state index contributed by atoms with van der Waals surface area (Å²) in [5.41, 5.74) is 0.812. The summed E-state index contributed by atoms with van der Waals surface area (Å²) < 4.78 is 0. The van der Waals surface area contributed by atoms with Crippen LogP contribution in [0.2, 0.25) is 0 Å². The van der Waals surface area contributed by atoms with Crippen LogP contribution < -0.4 is 5.32 Å². The number of amides is 1. The molecule has 1 aromatic carbocycles. The van der Waals surface area contributed by atoms with Gasteiger partial charge in [-0.15, -0.1) is 0 Å². The van der Waals surface area contributed by atoms with Crippen molar-refractivity contribution < 1.29 is 4.79 Å². The monoisotopic (exact) mass is 304 g/mol. The van der Waals surface area contributed by atoms with E-state index < -0.39 is 0 Å². The van der Waals surface area contributed by atoms with Gasteiger partial charge in [0.25, 0.3) is 5.91 Å². The lowest BCUT2D eigenvalue weighted by molar-refractivity contribution is 0.0688. The van der Waals surface area contributed by atoms with Gasteiger partial charge in [-0.25, -0.2) is 0 Å². The molecule has 0 aliphatic carbocycles. The number of rotatable bonds is 3. The first-order valence-corrected chi connectivity index (χ1v) is 9.16. The molecule has 0 unspecified atom stereocenters. The highest BCUT2D eigenvalue weighted by Gasteiger charge is 2.26. The number of nitrogens with zero attached hydrogens (tertiary/aromatic N) is 1. The number of benzene rings is 1. The van der Waals surface area contributed by atoms with Crippen LogP contribution in [0, 0.1) is 0 Å². The summed E-state index contributed by atoms with van der Waals surface area (Å²) in [6.07, 6.45) is 4.85. The zero-order valence-electron chi connectivity index (χ0n) is 12.5. The molecule has 2 aliphatic rings. The molecule has 4 heteroatoms. The van der Waals surface area contributed by atoms with Crippen LogP contribution in [0.3, 0.4) is 0 Å². The molecule has 2 aliphatic heterocycles. The fraction of sp³-hybridized carbons (Fsp3) is 0.588. The molecule has 21 heavy (non-hydrogen) atoms. The van der Waals surface area contributed by atoms with Crippen molar-refractivity contribution in [2.45, 2.75) is 37.8 Å². The topological polar surface area (TPSA) is 32.3 Å². The first kappa shape index (κ1) is 14.9. The Kier molecular flexibility index (Phi) is 5.20. The Morgan fingerprint density at radius 3 is 2.62 bits per heavy atom. The largest absolute Gasteiger partial charge is 0.337 e. The molecule has 1 atom stereocenters. The SMILES string of the molecule is O=C(c1ccccc1)N1CCC[C@H](NC2CCSCC2)C1. The fourth-order valence-electron chi connectivity index (χ4n) is 3.26. The van der Waals surface area contributed by atoms with E-state index in [-0.39, 0.29) is 5.91 Å². The molecule has 2 fully saturated rings. The average Bonchev–Trinajstić information content (AvgIpc) is 2.56. The lowest BCUT2D eigenvalue weighted by atomic mass is 10.0. The van der Waals surface area contributed by atoms with Gasteiger partial charge in [-0.3, -0.25) is 4.79 Å². The molecule has 0 bridgehead atoms. The maximum Gasteiger partial charge on any atom is 0.253 e. The molecule has 0 radical (unpaired) electrons. The number of nitrogens with one attached hydrogen (secondary N) is 1. The molecule has 3 nitrogen and oxygen atoms in total. The Morgan fingerprint density at radius 2 is 1.86 bits per heavy atom. The normalized spacial score (nSPS) is 24.0. The summed E-state index contributed by atoms with van der Waals surface area (Å²) in [5, 5.41) is 3.79. The van der Waals surface area contributed by atoms with Crippen LogP contribution in [0.4, 0.5) is 0 Å². The number of hydrogen-bond acceptors (Lipinski definition) is 3. The minimum atomic E-state index is 0.182. The van der Waals surface area contributed by atoms with Gasteiger partial charge in [0.2, 0.25) is 0 Å². The van der Waals surface area contributed by atoms with Gasteiger partial charge >= 0.3 is 0 Å². The van der Waals surface area contributed by atoms with E-state index in [4.69, 9.17) is 0 Å². The van der Waals surface area contributed by atoms with Gasteiger partial charge in [0.05, 0.1) is 0 Å². The van der Waals surface area contributed by atoms with Gasteiger partial charge < -0.3 is 10.2 Å². The molecule has 0 spiro atoms. The van der Waals surface area contributed by atoms with E-state index in [0.29, 0.717) is 12.1 Å². The molecular weight excluding hydrogens is 280 g/mol. The Hall–Kier alpha value is -1.00. The van der Waals surface area contributed by atoms with Crippen molar-refractivity contribution in [1.82, 2.24) is 10.2 Å². The second-order valence-corrected chi connectivity index (χ2v) is 7.23. The highest BCUT2D eigenvalue weighted by molar-refractivity contribution is 7.99. The van der Waals surface area contributed by atoms with E-state index >= 15 is 0 Å². The summed E-state index contributed by atoms with van der Waals surface area (Å²) in [6, 6.07) is 10.8. The third-order valence-electron chi connectivity index (χ3n) is 4.42. The molecule has 3 rings (SSSR count). The van der Waals surface area contributed by atoms with Crippen LogP contribution in [-0.2, 0) is 0 Å². The molecule has 114 valence electrons. The van der Waals surface area contributed by atoms with Crippen LogP contribution in [-0.4, -0.2) is 47.5 Å². The van der Waals surface area contributed by atoms with Crippen molar-refractivity contribution in [3.8, 4) is 0 Å². The van der Waals surface area contributed by atoms with Gasteiger partial charge in [-0.1, -0.05) is 18.2 Å². The molecular formula is C17H24N2OS. The van der Waals surface area contributed by atoms with Gasteiger partial charge in [-0.05, 0) is 49.3 Å². The summed E-state index contributed by atoms with van der Waals surface area (Å²) in [4.78, 5) is 14.6. The van der Waals surface area contributed by atoms with Crippen molar-refractivity contribution in [2.24, 2.45) is 0 Å². The van der Waals surface area contributed by atoms with Crippen LogP contribution in [0.15, 0.2) is 30.3 Å². The van der Waals surface area contributed by atoms with Crippen LogP contribution in [0.25, 0.3) is 0 Å². The van der Waals surface area contributed by atoms with Gasteiger partial charge in [0.15, 0.2) is 0 Å².